The molecule has 0 aliphatic heterocycles. The Morgan fingerprint density at radius 3 is 2.35 bits per heavy atom. The van der Waals surface area contributed by atoms with Crippen molar-refractivity contribution in [3.05, 3.63) is 75.1 Å². The standard InChI is InChI=1S/C20H16ClNO3S/c1-11-3-4-14(9-12(11)2)16-10-26-19(17(16)20(24)25)22-18(23)13-5-7-15(21)8-6-13/h3-10H,1-2H3,(H,22,23)(H,24,25). The summed E-state index contributed by atoms with van der Waals surface area (Å²) >= 11 is 7.03. The zero-order valence-electron chi connectivity index (χ0n) is 14.2. The van der Waals surface area contributed by atoms with Gasteiger partial charge in [-0.1, -0.05) is 29.8 Å². The average Bonchev–Trinajstić information content (AvgIpc) is 3.01. The number of carboxylic acid groups (broad SMARTS) is 1. The number of rotatable bonds is 4. The number of halogens is 1. The van der Waals surface area contributed by atoms with Gasteiger partial charge in [0.05, 0.1) is 0 Å². The minimum atomic E-state index is -1.08. The largest absolute Gasteiger partial charge is 0.478 e. The molecule has 1 heterocycles. The van der Waals surface area contributed by atoms with E-state index in [1.54, 1.807) is 29.6 Å². The van der Waals surface area contributed by atoms with Gasteiger partial charge in [0.25, 0.3) is 5.91 Å². The number of carbonyl (C=O) groups excluding carboxylic acids is 1. The highest BCUT2D eigenvalue weighted by molar-refractivity contribution is 7.15. The lowest BCUT2D eigenvalue weighted by atomic mass is 9.99. The van der Waals surface area contributed by atoms with E-state index in [-0.39, 0.29) is 11.5 Å². The second-order valence-corrected chi connectivity index (χ2v) is 7.23. The highest BCUT2D eigenvalue weighted by atomic mass is 35.5. The van der Waals surface area contributed by atoms with Crippen molar-refractivity contribution in [2.24, 2.45) is 0 Å². The van der Waals surface area contributed by atoms with E-state index in [2.05, 4.69) is 5.32 Å². The van der Waals surface area contributed by atoms with Gasteiger partial charge in [-0.25, -0.2) is 4.79 Å². The first-order chi connectivity index (χ1) is 12.4. The Hall–Kier alpha value is -2.63. The summed E-state index contributed by atoms with van der Waals surface area (Å²) in [7, 11) is 0. The Kier molecular flexibility index (Phi) is 5.11. The Labute approximate surface area is 160 Å². The lowest BCUT2D eigenvalue weighted by molar-refractivity contribution is 0.0699. The van der Waals surface area contributed by atoms with Crippen LogP contribution in [0.4, 0.5) is 5.00 Å². The van der Waals surface area contributed by atoms with Gasteiger partial charge in [-0.05, 0) is 54.8 Å². The molecule has 4 nitrogen and oxygen atoms in total. The van der Waals surface area contributed by atoms with Crippen LogP contribution in [0.15, 0.2) is 47.8 Å². The number of benzene rings is 2. The van der Waals surface area contributed by atoms with Crippen molar-refractivity contribution in [3.63, 3.8) is 0 Å². The van der Waals surface area contributed by atoms with Crippen molar-refractivity contribution in [3.8, 4) is 11.1 Å². The molecule has 0 fully saturated rings. The number of nitrogens with one attached hydrogen (secondary N) is 1. The minimum Gasteiger partial charge on any atom is -0.478 e. The van der Waals surface area contributed by atoms with Gasteiger partial charge in [0, 0.05) is 21.5 Å². The van der Waals surface area contributed by atoms with Crippen LogP contribution < -0.4 is 5.32 Å². The lowest BCUT2D eigenvalue weighted by Gasteiger charge is -2.08. The number of carboxylic acids is 1. The summed E-state index contributed by atoms with van der Waals surface area (Å²) in [6.07, 6.45) is 0. The topological polar surface area (TPSA) is 66.4 Å². The summed E-state index contributed by atoms with van der Waals surface area (Å²) in [6.45, 7) is 3.98. The molecule has 1 aromatic heterocycles. The summed E-state index contributed by atoms with van der Waals surface area (Å²) in [5.74, 6) is -1.46. The van der Waals surface area contributed by atoms with Gasteiger partial charge in [0.15, 0.2) is 0 Å². The summed E-state index contributed by atoms with van der Waals surface area (Å²) in [5.41, 5.74) is 4.13. The Bertz CT molecular complexity index is 993. The number of anilines is 1. The van der Waals surface area contributed by atoms with E-state index in [0.29, 0.717) is 21.2 Å². The quantitative estimate of drug-likeness (QED) is 0.611. The molecule has 1 amide bonds. The van der Waals surface area contributed by atoms with Crippen molar-refractivity contribution in [2.75, 3.05) is 5.32 Å². The van der Waals surface area contributed by atoms with Crippen molar-refractivity contribution in [1.29, 1.82) is 0 Å². The van der Waals surface area contributed by atoms with Crippen molar-refractivity contribution in [1.82, 2.24) is 0 Å². The molecule has 0 bridgehead atoms. The fourth-order valence-electron chi connectivity index (χ4n) is 2.56. The molecule has 3 rings (SSSR count). The number of amides is 1. The van der Waals surface area contributed by atoms with Crippen LogP contribution in [0, 0.1) is 13.8 Å². The highest BCUT2D eigenvalue weighted by Crippen LogP contribution is 2.36. The van der Waals surface area contributed by atoms with Crippen LogP contribution in [0.1, 0.15) is 31.8 Å². The fourth-order valence-corrected chi connectivity index (χ4v) is 3.64. The van der Waals surface area contributed by atoms with Gasteiger partial charge in [-0.3, -0.25) is 4.79 Å². The maximum absolute atomic E-state index is 12.4. The van der Waals surface area contributed by atoms with E-state index < -0.39 is 5.97 Å². The van der Waals surface area contributed by atoms with Gasteiger partial charge in [0.2, 0.25) is 0 Å². The summed E-state index contributed by atoms with van der Waals surface area (Å²) < 4.78 is 0. The molecule has 2 aromatic carbocycles. The second kappa shape index (κ2) is 7.32. The third kappa shape index (κ3) is 3.64. The predicted molar refractivity (Wildman–Crippen MR) is 106 cm³/mol. The van der Waals surface area contributed by atoms with Gasteiger partial charge in [-0.2, -0.15) is 0 Å². The lowest BCUT2D eigenvalue weighted by Crippen LogP contribution is -2.13. The molecule has 0 radical (unpaired) electrons. The first-order valence-electron chi connectivity index (χ1n) is 7.86. The zero-order chi connectivity index (χ0) is 18.8. The van der Waals surface area contributed by atoms with Gasteiger partial charge >= 0.3 is 5.97 Å². The van der Waals surface area contributed by atoms with Crippen LogP contribution in [0.5, 0.6) is 0 Å². The molecule has 0 atom stereocenters. The number of aryl methyl sites for hydroxylation is 2. The number of thiophene rings is 1. The zero-order valence-corrected chi connectivity index (χ0v) is 15.7. The molecular formula is C20H16ClNO3S. The summed E-state index contributed by atoms with van der Waals surface area (Å²) in [5, 5.41) is 15.0. The molecule has 0 aliphatic rings. The second-order valence-electron chi connectivity index (χ2n) is 5.92. The molecular weight excluding hydrogens is 370 g/mol. The number of aromatic carboxylic acids is 1. The Morgan fingerprint density at radius 1 is 1.04 bits per heavy atom. The first kappa shape index (κ1) is 18.2. The average molecular weight is 386 g/mol. The molecule has 0 spiro atoms. The van der Waals surface area contributed by atoms with Crippen molar-refractivity contribution in [2.45, 2.75) is 13.8 Å². The number of carbonyl (C=O) groups is 2. The Morgan fingerprint density at radius 2 is 1.73 bits per heavy atom. The van der Waals surface area contributed by atoms with E-state index in [1.807, 2.05) is 32.0 Å². The SMILES string of the molecule is Cc1ccc(-c2csc(NC(=O)c3ccc(Cl)cc3)c2C(=O)O)cc1C. The molecule has 0 unspecified atom stereocenters. The third-order valence-electron chi connectivity index (χ3n) is 4.16. The van der Waals surface area contributed by atoms with E-state index >= 15 is 0 Å². The van der Waals surface area contributed by atoms with E-state index in [4.69, 9.17) is 11.6 Å². The number of hydrogen-bond acceptors (Lipinski definition) is 3. The molecule has 26 heavy (non-hydrogen) atoms. The van der Waals surface area contributed by atoms with Crippen LogP contribution >= 0.6 is 22.9 Å². The van der Waals surface area contributed by atoms with Crippen LogP contribution in [0.2, 0.25) is 5.02 Å². The predicted octanol–water partition coefficient (Wildman–Crippen LogP) is 5.64. The van der Waals surface area contributed by atoms with E-state index in [1.165, 1.54) is 11.3 Å². The van der Waals surface area contributed by atoms with E-state index in [0.717, 1.165) is 16.7 Å². The van der Waals surface area contributed by atoms with Crippen molar-refractivity contribution >= 4 is 39.8 Å². The monoisotopic (exact) mass is 385 g/mol. The van der Waals surface area contributed by atoms with Gasteiger partial charge < -0.3 is 10.4 Å². The molecule has 0 saturated heterocycles. The van der Waals surface area contributed by atoms with Crippen LogP contribution in [0.25, 0.3) is 11.1 Å². The maximum atomic E-state index is 12.4. The smallest absolute Gasteiger partial charge is 0.339 e. The van der Waals surface area contributed by atoms with E-state index in [9.17, 15) is 14.7 Å². The van der Waals surface area contributed by atoms with Crippen LogP contribution in [-0.2, 0) is 0 Å². The Balaban J connectivity index is 1.97. The van der Waals surface area contributed by atoms with Crippen LogP contribution in [-0.4, -0.2) is 17.0 Å². The highest BCUT2D eigenvalue weighted by Gasteiger charge is 2.21. The summed E-state index contributed by atoms with van der Waals surface area (Å²) in [6, 6.07) is 12.2. The third-order valence-corrected chi connectivity index (χ3v) is 5.30. The normalized spacial score (nSPS) is 10.6. The van der Waals surface area contributed by atoms with Crippen molar-refractivity contribution < 1.29 is 14.7 Å². The molecule has 132 valence electrons. The first-order valence-corrected chi connectivity index (χ1v) is 9.12. The minimum absolute atomic E-state index is 0.0977. The molecule has 0 aliphatic carbocycles. The molecule has 3 aromatic rings. The number of hydrogen-bond donors (Lipinski definition) is 2. The summed E-state index contributed by atoms with van der Waals surface area (Å²) in [4.78, 5) is 24.2. The molecule has 2 N–H and O–H groups in total. The van der Waals surface area contributed by atoms with Crippen LogP contribution in [0.3, 0.4) is 0 Å². The van der Waals surface area contributed by atoms with Gasteiger partial charge in [-0.15, -0.1) is 11.3 Å². The molecule has 0 saturated carbocycles. The molecule has 6 heteroatoms. The maximum Gasteiger partial charge on any atom is 0.339 e. The fraction of sp³-hybridized carbons (Fsp3) is 0.100. The van der Waals surface area contributed by atoms with Gasteiger partial charge in [0.1, 0.15) is 10.6 Å².